The number of aryl methyl sites for hydroxylation is 1. The minimum atomic E-state index is -4.56. The minimum absolute atomic E-state index is 0.0245. The van der Waals surface area contributed by atoms with Gasteiger partial charge in [0.25, 0.3) is 5.91 Å². The zero-order valence-electron chi connectivity index (χ0n) is 16.0. The van der Waals surface area contributed by atoms with Crippen molar-refractivity contribution in [3.63, 3.8) is 0 Å². The Labute approximate surface area is 177 Å². The molecule has 0 saturated carbocycles. The molecule has 1 aliphatic rings. The molecule has 1 aromatic heterocycles. The average Bonchev–Trinajstić information content (AvgIpc) is 3.00. The third-order valence-electron chi connectivity index (χ3n) is 4.56. The van der Waals surface area contributed by atoms with E-state index in [9.17, 15) is 26.4 Å². The number of hydrogen-bond acceptors (Lipinski definition) is 4. The van der Waals surface area contributed by atoms with Crippen LogP contribution in [-0.2, 0) is 22.6 Å². The van der Waals surface area contributed by atoms with Crippen molar-refractivity contribution < 1.29 is 26.4 Å². The second-order valence-corrected chi connectivity index (χ2v) is 9.30. The van der Waals surface area contributed by atoms with Crippen LogP contribution in [0.2, 0.25) is 5.02 Å². The Morgan fingerprint density at radius 2 is 2.00 bits per heavy atom. The van der Waals surface area contributed by atoms with Crippen LogP contribution in [0, 0.1) is 0 Å². The van der Waals surface area contributed by atoms with E-state index in [0.29, 0.717) is 24.8 Å². The Bertz CT molecular complexity index is 1070. The van der Waals surface area contributed by atoms with E-state index < -0.39 is 27.7 Å². The topological polar surface area (TPSA) is 79.4 Å². The van der Waals surface area contributed by atoms with Crippen LogP contribution in [0.4, 0.5) is 24.7 Å². The maximum absolute atomic E-state index is 13.2. The Morgan fingerprint density at radius 1 is 1.27 bits per heavy atom. The Balaban J connectivity index is 1.93. The predicted molar refractivity (Wildman–Crippen MR) is 108 cm³/mol. The molecule has 11 heteroatoms. The molecule has 30 heavy (non-hydrogen) atoms. The van der Waals surface area contributed by atoms with E-state index in [4.69, 9.17) is 11.6 Å². The van der Waals surface area contributed by atoms with Crippen molar-refractivity contribution in [3.8, 4) is 0 Å². The van der Waals surface area contributed by atoms with Gasteiger partial charge in [-0.05, 0) is 42.7 Å². The van der Waals surface area contributed by atoms with Crippen molar-refractivity contribution in [2.24, 2.45) is 0 Å². The van der Waals surface area contributed by atoms with Crippen LogP contribution in [0.1, 0.15) is 41.3 Å². The van der Waals surface area contributed by atoms with Gasteiger partial charge in [0.2, 0.25) is 10.0 Å². The van der Waals surface area contributed by atoms with Crippen LogP contribution in [-0.4, -0.2) is 31.6 Å². The normalized spacial score (nSPS) is 16.0. The molecule has 0 aliphatic carbocycles. The van der Waals surface area contributed by atoms with Crippen LogP contribution in [0.25, 0.3) is 0 Å². The smallest absolute Gasteiger partial charge is 0.322 e. The molecule has 1 amide bonds. The average molecular weight is 462 g/mol. The lowest BCUT2D eigenvalue weighted by Gasteiger charge is -2.17. The first-order valence-corrected chi connectivity index (χ1v) is 11.2. The number of carbonyl (C=O) groups is 1. The quantitative estimate of drug-likeness (QED) is 0.711. The zero-order valence-corrected chi connectivity index (χ0v) is 17.5. The van der Waals surface area contributed by atoms with Gasteiger partial charge in [-0.15, -0.1) is 0 Å². The summed E-state index contributed by atoms with van der Waals surface area (Å²) in [6.45, 7) is 2.06. The zero-order chi connectivity index (χ0) is 22.1. The summed E-state index contributed by atoms with van der Waals surface area (Å²) in [6.07, 6.45) is -1.93. The standard InChI is InChI=1S/C19H19ClF3N3O3S/c1-2-4-12-7-13(19(21,22)23)9-14(8-12)25-18(27)15-10-17(24-11-16(15)20)26-5-3-6-30(26,28)29/h7-11H,2-6H2,1H3,(H,25,27). The number of rotatable bonds is 5. The molecular formula is C19H19ClF3N3O3S. The molecular weight excluding hydrogens is 443 g/mol. The van der Waals surface area contributed by atoms with Gasteiger partial charge >= 0.3 is 6.18 Å². The SMILES string of the molecule is CCCc1cc(NC(=O)c2cc(N3CCCS3(=O)=O)ncc2Cl)cc(C(F)(F)F)c1. The molecule has 0 unspecified atom stereocenters. The Kier molecular flexibility index (Phi) is 6.28. The van der Waals surface area contributed by atoms with Crippen molar-refractivity contribution in [3.05, 3.63) is 52.2 Å². The van der Waals surface area contributed by atoms with Gasteiger partial charge in [0.1, 0.15) is 5.82 Å². The highest BCUT2D eigenvalue weighted by Crippen LogP contribution is 2.33. The molecule has 1 saturated heterocycles. The molecule has 0 bridgehead atoms. The van der Waals surface area contributed by atoms with E-state index in [0.717, 1.165) is 22.6 Å². The predicted octanol–water partition coefficient (Wildman–Crippen LogP) is 4.50. The van der Waals surface area contributed by atoms with E-state index in [2.05, 4.69) is 10.3 Å². The number of nitrogens with one attached hydrogen (secondary N) is 1. The number of anilines is 2. The fourth-order valence-corrected chi connectivity index (χ4v) is 4.89. The van der Waals surface area contributed by atoms with Gasteiger partial charge in [-0.2, -0.15) is 13.2 Å². The summed E-state index contributed by atoms with van der Waals surface area (Å²) in [7, 11) is -3.52. The van der Waals surface area contributed by atoms with Crippen molar-refractivity contribution in [1.82, 2.24) is 4.98 Å². The molecule has 162 valence electrons. The molecule has 0 spiro atoms. The van der Waals surface area contributed by atoms with E-state index in [1.54, 1.807) is 0 Å². The Hall–Kier alpha value is -2.33. The molecule has 3 rings (SSSR count). The van der Waals surface area contributed by atoms with Gasteiger partial charge in [-0.3, -0.25) is 9.10 Å². The number of sulfonamides is 1. The van der Waals surface area contributed by atoms with Gasteiger partial charge < -0.3 is 5.32 Å². The van der Waals surface area contributed by atoms with E-state index in [1.165, 1.54) is 12.1 Å². The van der Waals surface area contributed by atoms with Crippen LogP contribution < -0.4 is 9.62 Å². The monoisotopic (exact) mass is 461 g/mol. The van der Waals surface area contributed by atoms with Gasteiger partial charge in [-0.25, -0.2) is 13.4 Å². The third kappa shape index (κ3) is 4.86. The number of benzene rings is 1. The Morgan fingerprint density at radius 3 is 2.60 bits per heavy atom. The molecule has 6 nitrogen and oxygen atoms in total. The first-order valence-electron chi connectivity index (χ1n) is 9.20. The van der Waals surface area contributed by atoms with Crippen LogP contribution >= 0.6 is 11.6 Å². The minimum Gasteiger partial charge on any atom is -0.322 e. The molecule has 0 radical (unpaired) electrons. The second-order valence-electron chi connectivity index (χ2n) is 6.88. The fourth-order valence-electron chi connectivity index (χ4n) is 3.19. The number of nitrogens with zero attached hydrogens (tertiary/aromatic N) is 2. The molecule has 1 aromatic carbocycles. The third-order valence-corrected chi connectivity index (χ3v) is 6.70. The van der Waals surface area contributed by atoms with Crippen molar-refractivity contribution >= 4 is 39.0 Å². The summed E-state index contributed by atoms with van der Waals surface area (Å²) < 4.78 is 64.9. The van der Waals surface area contributed by atoms with Crippen molar-refractivity contribution in [2.75, 3.05) is 21.9 Å². The summed E-state index contributed by atoms with van der Waals surface area (Å²) in [6, 6.07) is 4.59. The van der Waals surface area contributed by atoms with Crippen molar-refractivity contribution in [1.29, 1.82) is 0 Å². The number of amides is 1. The highest BCUT2D eigenvalue weighted by atomic mass is 35.5. The molecule has 2 aromatic rings. The van der Waals surface area contributed by atoms with E-state index >= 15 is 0 Å². The lowest BCUT2D eigenvalue weighted by Crippen LogP contribution is -2.26. The largest absolute Gasteiger partial charge is 0.416 e. The van der Waals surface area contributed by atoms with E-state index in [-0.39, 0.29) is 34.4 Å². The van der Waals surface area contributed by atoms with Gasteiger partial charge in [0.15, 0.2) is 0 Å². The van der Waals surface area contributed by atoms with Crippen molar-refractivity contribution in [2.45, 2.75) is 32.4 Å². The molecule has 1 N–H and O–H groups in total. The summed E-state index contributed by atoms with van der Waals surface area (Å²) >= 11 is 6.05. The lowest BCUT2D eigenvalue weighted by molar-refractivity contribution is -0.137. The fraction of sp³-hybridized carbons (Fsp3) is 0.368. The maximum Gasteiger partial charge on any atom is 0.416 e. The van der Waals surface area contributed by atoms with Gasteiger partial charge in [0, 0.05) is 18.4 Å². The number of halogens is 4. The summed E-state index contributed by atoms with van der Waals surface area (Å²) in [5.74, 6) is -0.747. The van der Waals surface area contributed by atoms with E-state index in [1.807, 2.05) is 6.92 Å². The first kappa shape index (κ1) is 22.4. The summed E-state index contributed by atoms with van der Waals surface area (Å²) in [5, 5.41) is 2.38. The van der Waals surface area contributed by atoms with Crippen LogP contribution in [0.3, 0.4) is 0 Å². The lowest BCUT2D eigenvalue weighted by atomic mass is 10.0. The maximum atomic E-state index is 13.2. The summed E-state index contributed by atoms with van der Waals surface area (Å²) in [4.78, 5) is 16.7. The number of hydrogen-bond donors (Lipinski definition) is 1. The number of pyridine rings is 1. The molecule has 1 fully saturated rings. The second kappa shape index (κ2) is 8.43. The number of aromatic nitrogens is 1. The number of alkyl halides is 3. The van der Waals surface area contributed by atoms with Crippen LogP contribution in [0.15, 0.2) is 30.5 Å². The van der Waals surface area contributed by atoms with Crippen LogP contribution in [0.5, 0.6) is 0 Å². The molecule has 2 heterocycles. The van der Waals surface area contributed by atoms with Gasteiger partial charge in [0.05, 0.1) is 21.9 Å². The highest BCUT2D eigenvalue weighted by Gasteiger charge is 2.32. The molecule has 1 aliphatic heterocycles. The summed E-state index contributed by atoms with van der Waals surface area (Å²) in [5.41, 5.74) is -0.541. The van der Waals surface area contributed by atoms with Gasteiger partial charge in [-0.1, -0.05) is 24.9 Å². The number of carbonyl (C=O) groups excluding carboxylic acids is 1. The molecule has 0 atom stereocenters. The first-order chi connectivity index (χ1) is 14.0. The highest BCUT2D eigenvalue weighted by molar-refractivity contribution is 7.93.